The summed E-state index contributed by atoms with van der Waals surface area (Å²) in [6.07, 6.45) is 0. The maximum Gasteiger partial charge on any atom is 0.170 e. The molecule has 0 aromatic heterocycles. The van der Waals surface area contributed by atoms with Crippen molar-refractivity contribution < 1.29 is 9.94 Å². The molecule has 0 bridgehead atoms. The molecule has 98 valence electrons. The minimum absolute atomic E-state index is 0.0585. The smallest absolute Gasteiger partial charge is 0.170 e. The Balaban J connectivity index is 2.30. The minimum Gasteiger partial charge on any atom is -0.456 e. The monoisotopic (exact) mass is 320 g/mol. The molecule has 3 N–H and O–H groups in total. The number of rotatable bonds is 3. The predicted octanol–water partition coefficient (Wildman–Crippen LogP) is 3.64. The molecule has 2 rings (SSSR count). The maximum absolute atomic E-state index is 8.64. The second-order valence-corrected chi connectivity index (χ2v) is 4.85. The lowest BCUT2D eigenvalue weighted by molar-refractivity contribution is 0.318. The number of aryl methyl sites for hydroxylation is 1. The van der Waals surface area contributed by atoms with E-state index in [0.717, 1.165) is 15.8 Å². The maximum atomic E-state index is 8.64. The average molecular weight is 321 g/mol. The number of nitrogens with two attached hydrogens (primary N) is 1. The molecule has 19 heavy (non-hydrogen) atoms. The molecule has 0 saturated carbocycles. The van der Waals surface area contributed by atoms with Crippen LogP contribution in [-0.4, -0.2) is 11.0 Å². The van der Waals surface area contributed by atoms with Crippen molar-refractivity contribution in [3.05, 3.63) is 58.1 Å². The first kappa shape index (κ1) is 13.4. The summed E-state index contributed by atoms with van der Waals surface area (Å²) in [6, 6.07) is 13.0. The Bertz CT molecular complexity index is 627. The van der Waals surface area contributed by atoms with Crippen LogP contribution in [0.25, 0.3) is 0 Å². The van der Waals surface area contributed by atoms with E-state index in [-0.39, 0.29) is 5.84 Å². The number of oxime groups is 1. The molecule has 0 heterocycles. The van der Waals surface area contributed by atoms with E-state index in [1.165, 1.54) is 0 Å². The van der Waals surface area contributed by atoms with Crippen LogP contribution in [0.1, 0.15) is 11.1 Å². The van der Waals surface area contributed by atoms with Crippen LogP contribution in [0.4, 0.5) is 0 Å². The van der Waals surface area contributed by atoms with Gasteiger partial charge < -0.3 is 15.7 Å². The van der Waals surface area contributed by atoms with Crippen molar-refractivity contribution in [3.63, 3.8) is 0 Å². The first-order valence-electron chi connectivity index (χ1n) is 5.62. The third-order valence-corrected chi connectivity index (χ3v) is 3.27. The molecule has 0 saturated heterocycles. The number of halogens is 1. The van der Waals surface area contributed by atoms with E-state index in [4.69, 9.17) is 15.7 Å². The number of nitrogens with zero attached hydrogens (tertiary/aromatic N) is 1. The van der Waals surface area contributed by atoms with Crippen LogP contribution in [0.15, 0.2) is 52.1 Å². The summed E-state index contributed by atoms with van der Waals surface area (Å²) in [5, 5.41) is 11.6. The van der Waals surface area contributed by atoms with E-state index >= 15 is 0 Å². The molecule has 0 radical (unpaired) electrons. The molecule has 2 aromatic rings. The predicted molar refractivity (Wildman–Crippen MR) is 77.9 cm³/mol. The Labute approximate surface area is 119 Å². The molecule has 5 heteroatoms. The molecule has 0 unspecified atom stereocenters. The first-order valence-corrected chi connectivity index (χ1v) is 6.42. The van der Waals surface area contributed by atoms with Gasteiger partial charge in [0.25, 0.3) is 0 Å². The van der Waals surface area contributed by atoms with Crippen molar-refractivity contribution in [2.45, 2.75) is 6.92 Å². The first-order chi connectivity index (χ1) is 9.11. The zero-order chi connectivity index (χ0) is 13.8. The van der Waals surface area contributed by atoms with E-state index in [1.807, 2.05) is 31.2 Å². The van der Waals surface area contributed by atoms with Gasteiger partial charge in [-0.1, -0.05) is 23.4 Å². The number of amidine groups is 1. The fourth-order valence-electron chi connectivity index (χ4n) is 1.59. The van der Waals surface area contributed by atoms with Gasteiger partial charge in [-0.15, -0.1) is 0 Å². The third kappa shape index (κ3) is 3.06. The molecule has 0 fully saturated rings. The van der Waals surface area contributed by atoms with Crippen LogP contribution in [0.2, 0.25) is 0 Å². The van der Waals surface area contributed by atoms with Crippen LogP contribution < -0.4 is 10.5 Å². The molecule has 0 amide bonds. The lowest BCUT2D eigenvalue weighted by Crippen LogP contribution is -2.12. The molecule has 4 nitrogen and oxygen atoms in total. The second-order valence-electron chi connectivity index (χ2n) is 4.00. The van der Waals surface area contributed by atoms with E-state index in [0.29, 0.717) is 11.3 Å². The number of hydrogen-bond donors (Lipinski definition) is 2. The SMILES string of the molecule is Cc1ccccc1Oc1ccc(/C(N)=N/O)cc1Br. The Morgan fingerprint density at radius 3 is 2.58 bits per heavy atom. The molecule has 2 aromatic carbocycles. The number of para-hydroxylation sites is 1. The topological polar surface area (TPSA) is 67.8 Å². The minimum atomic E-state index is 0.0585. The van der Waals surface area contributed by atoms with E-state index in [9.17, 15) is 0 Å². The van der Waals surface area contributed by atoms with Gasteiger partial charge in [0.1, 0.15) is 11.5 Å². The van der Waals surface area contributed by atoms with Crippen LogP contribution in [0, 0.1) is 6.92 Å². The molecule has 0 aliphatic heterocycles. The standard InChI is InChI=1S/C14H13BrN2O2/c1-9-4-2-3-5-12(9)19-13-7-6-10(8-11(13)15)14(16)17-18/h2-8,18H,1H3,(H2,16,17). The Kier molecular flexibility index (Phi) is 4.06. The highest BCUT2D eigenvalue weighted by molar-refractivity contribution is 9.10. The van der Waals surface area contributed by atoms with Gasteiger partial charge in [0.05, 0.1) is 4.47 Å². The Morgan fingerprint density at radius 2 is 1.95 bits per heavy atom. The zero-order valence-corrected chi connectivity index (χ0v) is 11.9. The van der Waals surface area contributed by atoms with E-state index < -0.39 is 0 Å². The second kappa shape index (κ2) is 5.75. The summed E-state index contributed by atoms with van der Waals surface area (Å²) in [6.45, 7) is 1.98. The van der Waals surface area contributed by atoms with Crippen molar-refractivity contribution >= 4 is 21.8 Å². The van der Waals surface area contributed by atoms with Crippen LogP contribution in [0.5, 0.6) is 11.5 Å². The highest BCUT2D eigenvalue weighted by Gasteiger charge is 2.07. The Hall–Kier alpha value is -2.01. The van der Waals surface area contributed by atoms with Crippen molar-refractivity contribution in [1.82, 2.24) is 0 Å². The van der Waals surface area contributed by atoms with Gasteiger partial charge in [0, 0.05) is 5.56 Å². The summed E-state index contributed by atoms with van der Waals surface area (Å²) in [5.41, 5.74) is 7.20. The summed E-state index contributed by atoms with van der Waals surface area (Å²) in [7, 11) is 0. The van der Waals surface area contributed by atoms with Gasteiger partial charge in [0.2, 0.25) is 0 Å². The fourth-order valence-corrected chi connectivity index (χ4v) is 2.05. The average Bonchev–Trinajstić information content (AvgIpc) is 2.42. The number of hydrogen-bond acceptors (Lipinski definition) is 3. The largest absolute Gasteiger partial charge is 0.456 e. The van der Waals surface area contributed by atoms with Crippen molar-refractivity contribution in [3.8, 4) is 11.5 Å². The lowest BCUT2D eigenvalue weighted by atomic mass is 10.2. The highest BCUT2D eigenvalue weighted by Crippen LogP contribution is 2.31. The molecule has 0 atom stereocenters. The van der Waals surface area contributed by atoms with Gasteiger partial charge in [0.15, 0.2) is 5.84 Å². The molecule has 0 aliphatic carbocycles. The fraction of sp³-hybridized carbons (Fsp3) is 0.0714. The summed E-state index contributed by atoms with van der Waals surface area (Å²) in [4.78, 5) is 0. The third-order valence-electron chi connectivity index (χ3n) is 2.65. The van der Waals surface area contributed by atoms with Gasteiger partial charge >= 0.3 is 0 Å². The van der Waals surface area contributed by atoms with Gasteiger partial charge in [-0.2, -0.15) is 0 Å². The highest BCUT2D eigenvalue weighted by atomic mass is 79.9. The quantitative estimate of drug-likeness (QED) is 0.392. The van der Waals surface area contributed by atoms with Crippen molar-refractivity contribution in [1.29, 1.82) is 0 Å². The summed E-state index contributed by atoms with van der Waals surface area (Å²) in [5.74, 6) is 1.52. The van der Waals surface area contributed by atoms with Gasteiger partial charge in [-0.05, 0) is 52.7 Å². The zero-order valence-electron chi connectivity index (χ0n) is 10.3. The molecular formula is C14H13BrN2O2. The lowest BCUT2D eigenvalue weighted by Gasteiger charge is -2.10. The van der Waals surface area contributed by atoms with Crippen LogP contribution >= 0.6 is 15.9 Å². The molecular weight excluding hydrogens is 308 g/mol. The molecule has 0 spiro atoms. The van der Waals surface area contributed by atoms with Crippen molar-refractivity contribution in [2.24, 2.45) is 10.9 Å². The van der Waals surface area contributed by atoms with Crippen molar-refractivity contribution in [2.75, 3.05) is 0 Å². The number of ether oxygens (including phenoxy) is 1. The van der Waals surface area contributed by atoms with E-state index in [1.54, 1.807) is 18.2 Å². The summed E-state index contributed by atoms with van der Waals surface area (Å²) < 4.78 is 6.55. The summed E-state index contributed by atoms with van der Waals surface area (Å²) >= 11 is 3.41. The van der Waals surface area contributed by atoms with E-state index in [2.05, 4.69) is 21.1 Å². The Morgan fingerprint density at radius 1 is 1.21 bits per heavy atom. The van der Waals surface area contributed by atoms with Crippen LogP contribution in [-0.2, 0) is 0 Å². The van der Waals surface area contributed by atoms with Crippen LogP contribution in [0.3, 0.4) is 0 Å². The van der Waals surface area contributed by atoms with Gasteiger partial charge in [-0.25, -0.2) is 0 Å². The van der Waals surface area contributed by atoms with Gasteiger partial charge in [-0.3, -0.25) is 0 Å². The number of benzene rings is 2. The molecule has 0 aliphatic rings. The normalized spacial score (nSPS) is 11.4.